The molecule has 2 N–H and O–H groups in total. The number of hydrogen-bond donors (Lipinski definition) is 2. The highest BCUT2D eigenvalue weighted by atomic mass is 16.2. The van der Waals surface area contributed by atoms with E-state index in [0.29, 0.717) is 29.8 Å². The van der Waals surface area contributed by atoms with Crippen LogP contribution in [0, 0.1) is 11.3 Å². The molecule has 21 heavy (non-hydrogen) atoms. The molecule has 0 spiro atoms. The molecular formula is C16H15N3O2. The van der Waals surface area contributed by atoms with Gasteiger partial charge >= 0.3 is 0 Å². The van der Waals surface area contributed by atoms with Gasteiger partial charge in [0.1, 0.15) is 5.69 Å². The van der Waals surface area contributed by atoms with E-state index in [-0.39, 0.29) is 11.7 Å². The van der Waals surface area contributed by atoms with Crippen LogP contribution in [-0.2, 0) is 6.54 Å². The first kappa shape index (κ1) is 14.5. The number of benzene rings is 1. The van der Waals surface area contributed by atoms with Crippen molar-refractivity contribution in [2.24, 2.45) is 0 Å². The first-order valence-corrected chi connectivity index (χ1v) is 6.63. The van der Waals surface area contributed by atoms with E-state index in [9.17, 15) is 9.59 Å². The monoisotopic (exact) mass is 281 g/mol. The third kappa shape index (κ3) is 3.57. The molecular weight excluding hydrogens is 266 g/mol. The van der Waals surface area contributed by atoms with Gasteiger partial charge in [-0.15, -0.1) is 0 Å². The summed E-state index contributed by atoms with van der Waals surface area (Å²) >= 11 is 0. The summed E-state index contributed by atoms with van der Waals surface area (Å²) in [5.74, 6) is -0.271. The summed E-state index contributed by atoms with van der Waals surface area (Å²) in [6.45, 7) is 2.14. The van der Waals surface area contributed by atoms with Gasteiger partial charge in [-0.2, -0.15) is 5.26 Å². The summed E-state index contributed by atoms with van der Waals surface area (Å²) in [5.41, 5.74) is 2.36. The lowest BCUT2D eigenvalue weighted by Gasteiger charge is -2.03. The Kier molecular flexibility index (Phi) is 4.52. The lowest BCUT2D eigenvalue weighted by atomic mass is 10.1. The number of carbonyl (C=O) groups is 2. The van der Waals surface area contributed by atoms with Crippen LogP contribution in [0.2, 0.25) is 0 Å². The minimum absolute atomic E-state index is 0.00241. The Labute approximate surface area is 122 Å². The molecule has 5 nitrogen and oxygen atoms in total. The second kappa shape index (κ2) is 6.53. The maximum Gasteiger partial charge on any atom is 0.267 e. The molecule has 106 valence electrons. The van der Waals surface area contributed by atoms with Crippen LogP contribution in [-0.4, -0.2) is 16.7 Å². The quantitative estimate of drug-likeness (QED) is 0.825. The van der Waals surface area contributed by atoms with Gasteiger partial charge in [0, 0.05) is 24.7 Å². The number of nitrogens with one attached hydrogen (secondary N) is 2. The van der Waals surface area contributed by atoms with Crippen LogP contribution in [0.1, 0.15) is 45.3 Å². The summed E-state index contributed by atoms with van der Waals surface area (Å²) < 4.78 is 0. The predicted octanol–water partition coefficient (Wildman–Crippen LogP) is 2.41. The SMILES string of the molecule is CCC(=O)c1c[nH]c(C(=O)NCc2ccc(C#N)cc2)c1. The van der Waals surface area contributed by atoms with Gasteiger partial charge in [0.15, 0.2) is 5.78 Å². The summed E-state index contributed by atoms with van der Waals surface area (Å²) in [4.78, 5) is 26.3. The van der Waals surface area contributed by atoms with Crippen LogP contribution in [0.25, 0.3) is 0 Å². The van der Waals surface area contributed by atoms with Crippen molar-refractivity contribution in [1.29, 1.82) is 5.26 Å². The predicted molar refractivity (Wildman–Crippen MR) is 77.7 cm³/mol. The van der Waals surface area contributed by atoms with Crippen LogP contribution in [0.4, 0.5) is 0 Å². The van der Waals surface area contributed by atoms with Crippen LogP contribution in [0.15, 0.2) is 36.5 Å². The molecule has 0 aliphatic carbocycles. The van der Waals surface area contributed by atoms with Gasteiger partial charge in [0.2, 0.25) is 0 Å². The van der Waals surface area contributed by atoms with E-state index < -0.39 is 0 Å². The molecule has 0 bridgehead atoms. The molecule has 0 fully saturated rings. The first-order chi connectivity index (χ1) is 10.1. The molecule has 2 rings (SSSR count). The zero-order valence-electron chi connectivity index (χ0n) is 11.6. The Bertz CT molecular complexity index is 693. The Balaban J connectivity index is 1.96. The van der Waals surface area contributed by atoms with Crippen LogP contribution in [0.5, 0.6) is 0 Å². The number of nitrogens with zero attached hydrogens (tertiary/aromatic N) is 1. The van der Waals surface area contributed by atoms with E-state index in [1.165, 1.54) is 0 Å². The number of aromatic amines is 1. The summed E-state index contributed by atoms with van der Waals surface area (Å²) in [6, 6.07) is 10.6. The number of carbonyl (C=O) groups excluding carboxylic acids is 2. The minimum Gasteiger partial charge on any atom is -0.356 e. The fourth-order valence-corrected chi connectivity index (χ4v) is 1.87. The standard InChI is InChI=1S/C16H15N3O2/c1-2-15(20)13-7-14(18-10-13)16(21)19-9-12-5-3-11(8-17)4-6-12/h3-7,10,18H,2,9H2,1H3,(H,19,21). The molecule has 2 aromatic rings. The highest BCUT2D eigenvalue weighted by Crippen LogP contribution is 2.07. The van der Waals surface area contributed by atoms with E-state index in [2.05, 4.69) is 10.3 Å². The van der Waals surface area contributed by atoms with Gasteiger partial charge < -0.3 is 10.3 Å². The van der Waals surface area contributed by atoms with E-state index >= 15 is 0 Å². The lowest BCUT2D eigenvalue weighted by molar-refractivity contribution is 0.0946. The smallest absolute Gasteiger partial charge is 0.267 e. The van der Waals surface area contributed by atoms with Crippen molar-refractivity contribution >= 4 is 11.7 Å². The number of nitriles is 1. The Morgan fingerprint density at radius 1 is 1.29 bits per heavy atom. The van der Waals surface area contributed by atoms with Crippen molar-refractivity contribution in [3.8, 4) is 6.07 Å². The van der Waals surface area contributed by atoms with Crippen molar-refractivity contribution in [2.75, 3.05) is 0 Å². The number of amides is 1. The Morgan fingerprint density at radius 2 is 2.00 bits per heavy atom. The molecule has 5 heteroatoms. The molecule has 0 aliphatic heterocycles. The van der Waals surface area contributed by atoms with Crippen LogP contribution < -0.4 is 5.32 Å². The number of rotatable bonds is 5. The van der Waals surface area contributed by atoms with Crippen LogP contribution >= 0.6 is 0 Å². The largest absolute Gasteiger partial charge is 0.356 e. The molecule has 0 atom stereocenters. The fourth-order valence-electron chi connectivity index (χ4n) is 1.87. The molecule has 0 saturated carbocycles. The Hall–Kier alpha value is -2.87. The second-order valence-electron chi connectivity index (χ2n) is 4.57. The third-order valence-electron chi connectivity index (χ3n) is 3.11. The van der Waals surface area contributed by atoms with Gasteiger partial charge in [-0.25, -0.2) is 0 Å². The third-order valence-corrected chi connectivity index (χ3v) is 3.11. The average Bonchev–Trinajstić information content (AvgIpc) is 3.02. The van der Waals surface area contributed by atoms with E-state index in [0.717, 1.165) is 5.56 Å². The van der Waals surface area contributed by atoms with Gasteiger partial charge in [-0.1, -0.05) is 19.1 Å². The maximum absolute atomic E-state index is 12.0. The molecule has 0 saturated heterocycles. The fraction of sp³-hybridized carbons (Fsp3) is 0.188. The van der Waals surface area contributed by atoms with Gasteiger partial charge in [-0.3, -0.25) is 9.59 Å². The second-order valence-corrected chi connectivity index (χ2v) is 4.57. The number of Topliss-reactive ketones (excluding diaryl/α,β-unsaturated/α-hetero) is 1. The van der Waals surface area contributed by atoms with E-state index in [1.54, 1.807) is 43.5 Å². The van der Waals surface area contributed by atoms with Crippen molar-refractivity contribution in [3.05, 3.63) is 58.9 Å². The topological polar surface area (TPSA) is 85.8 Å². The molecule has 1 amide bonds. The number of H-pyrrole nitrogens is 1. The molecule has 1 aromatic carbocycles. The molecule has 0 aliphatic rings. The zero-order valence-corrected chi connectivity index (χ0v) is 11.6. The highest BCUT2D eigenvalue weighted by molar-refractivity contribution is 6.00. The van der Waals surface area contributed by atoms with E-state index in [1.807, 2.05) is 6.07 Å². The first-order valence-electron chi connectivity index (χ1n) is 6.63. The summed E-state index contributed by atoms with van der Waals surface area (Å²) in [6.07, 6.45) is 1.95. The van der Waals surface area contributed by atoms with Gasteiger partial charge in [0.25, 0.3) is 5.91 Å². The highest BCUT2D eigenvalue weighted by Gasteiger charge is 2.11. The molecule has 0 unspecified atom stereocenters. The maximum atomic E-state index is 12.0. The number of hydrogen-bond acceptors (Lipinski definition) is 3. The van der Waals surface area contributed by atoms with Crippen LogP contribution in [0.3, 0.4) is 0 Å². The normalized spacial score (nSPS) is 9.90. The van der Waals surface area contributed by atoms with Crippen molar-refractivity contribution in [3.63, 3.8) is 0 Å². The number of ketones is 1. The summed E-state index contributed by atoms with van der Waals surface area (Å²) in [5, 5.41) is 11.5. The molecule has 0 radical (unpaired) electrons. The van der Waals surface area contributed by atoms with Crippen molar-refractivity contribution < 1.29 is 9.59 Å². The lowest BCUT2D eigenvalue weighted by Crippen LogP contribution is -2.23. The minimum atomic E-state index is -0.269. The summed E-state index contributed by atoms with van der Waals surface area (Å²) in [7, 11) is 0. The average molecular weight is 281 g/mol. The molecule has 1 aromatic heterocycles. The Morgan fingerprint density at radius 3 is 2.62 bits per heavy atom. The van der Waals surface area contributed by atoms with Crippen molar-refractivity contribution in [2.45, 2.75) is 19.9 Å². The molecule has 1 heterocycles. The number of aromatic nitrogens is 1. The van der Waals surface area contributed by atoms with E-state index in [4.69, 9.17) is 5.26 Å². The van der Waals surface area contributed by atoms with Crippen molar-refractivity contribution in [1.82, 2.24) is 10.3 Å². The van der Waals surface area contributed by atoms with Gasteiger partial charge in [-0.05, 0) is 23.8 Å². The van der Waals surface area contributed by atoms with Gasteiger partial charge in [0.05, 0.1) is 11.6 Å². The zero-order chi connectivity index (χ0) is 15.2.